The molecule has 1 heterocycles. The fraction of sp³-hybridized carbons (Fsp3) is 0.375. The average molecular weight is 136 g/mol. The maximum Gasteiger partial charge on any atom is 0.0420 e. The molecule has 10 heavy (non-hydrogen) atoms. The topological polar surface area (TPSA) is 38.9 Å². The van der Waals surface area contributed by atoms with Crippen LogP contribution in [0.1, 0.15) is 24.2 Å². The van der Waals surface area contributed by atoms with Gasteiger partial charge in [-0.15, -0.1) is 0 Å². The molecule has 2 N–H and O–H groups in total. The molecule has 1 unspecified atom stereocenters. The molecule has 0 amide bonds. The summed E-state index contributed by atoms with van der Waals surface area (Å²) in [6, 6.07) is 4.01. The molecule has 0 aliphatic carbocycles. The van der Waals surface area contributed by atoms with E-state index in [1.165, 1.54) is 0 Å². The van der Waals surface area contributed by atoms with Gasteiger partial charge in [0, 0.05) is 17.9 Å². The van der Waals surface area contributed by atoms with Crippen LogP contribution in [0.4, 0.5) is 0 Å². The van der Waals surface area contributed by atoms with E-state index in [2.05, 4.69) is 4.98 Å². The van der Waals surface area contributed by atoms with E-state index in [0.29, 0.717) is 0 Å². The zero-order valence-electron chi connectivity index (χ0n) is 6.33. The smallest absolute Gasteiger partial charge is 0.0420 e. The minimum absolute atomic E-state index is 0.0914. The van der Waals surface area contributed by atoms with Crippen molar-refractivity contribution >= 4 is 0 Å². The molecule has 0 spiro atoms. The predicted octanol–water partition coefficient (Wildman–Crippen LogP) is 1.41. The first-order valence-electron chi connectivity index (χ1n) is 3.39. The molecule has 0 saturated carbocycles. The third kappa shape index (κ3) is 1.33. The van der Waals surface area contributed by atoms with E-state index < -0.39 is 0 Å². The van der Waals surface area contributed by atoms with Crippen molar-refractivity contribution in [3.8, 4) is 0 Å². The van der Waals surface area contributed by atoms with E-state index >= 15 is 0 Å². The Morgan fingerprint density at radius 2 is 2.30 bits per heavy atom. The summed E-state index contributed by atoms with van der Waals surface area (Å²) in [6.07, 6.45) is 1.78. The molecule has 1 aromatic heterocycles. The Bertz CT molecular complexity index is 218. The Morgan fingerprint density at radius 1 is 1.60 bits per heavy atom. The molecule has 2 nitrogen and oxygen atoms in total. The number of aromatic nitrogens is 1. The molecule has 0 aliphatic rings. The van der Waals surface area contributed by atoms with Crippen molar-refractivity contribution in [1.82, 2.24) is 4.98 Å². The molecule has 1 aromatic rings. The maximum atomic E-state index is 5.67. The largest absolute Gasteiger partial charge is 0.324 e. The highest BCUT2D eigenvalue weighted by Crippen LogP contribution is 2.10. The van der Waals surface area contributed by atoms with E-state index in [9.17, 15) is 0 Å². The third-order valence-electron chi connectivity index (χ3n) is 1.54. The van der Waals surface area contributed by atoms with Gasteiger partial charge < -0.3 is 5.73 Å². The molecule has 0 bridgehead atoms. The second kappa shape index (κ2) is 2.80. The zero-order valence-corrected chi connectivity index (χ0v) is 6.33. The molecule has 0 fully saturated rings. The molecular formula is C8H12N2. The van der Waals surface area contributed by atoms with Gasteiger partial charge in [0.1, 0.15) is 0 Å². The maximum absolute atomic E-state index is 5.67. The number of aryl methyl sites for hydroxylation is 1. The molecule has 0 radical (unpaired) electrons. The van der Waals surface area contributed by atoms with Gasteiger partial charge >= 0.3 is 0 Å². The molecule has 2 heteroatoms. The van der Waals surface area contributed by atoms with Gasteiger partial charge in [0.05, 0.1) is 0 Å². The van der Waals surface area contributed by atoms with Crippen molar-refractivity contribution in [2.24, 2.45) is 5.73 Å². The van der Waals surface area contributed by atoms with Crippen LogP contribution in [0.5, 0.6) is 0 Å². The van der Waals surface area contributed by atoms with Crippen molar-refractivity contribution in [1.29, 1.82) is 0 Å². The summed E-state index contributed by atoms with van der Waals surface area (Å²) in [6.45, 7) is 3.93. The lowest BCUT2D eigenvalue weighted by Gasteiger charge is -2.06. The summed E-state index contributed by atoms with van der Waals surface area (Å²) in [5, 5.41) is 0. The van der Waals surface area contributed by atoms with Gasteiger partial charge in [0.2, 0.25) is 0 Å². The summed E-state index contributed by atoms with van der Waals surface area (Å²) in [4.78, 5) is 4.12. The van der Waals surface area contributed by atoms with Crippen LogP contribution in [0.2, 0.25) is 0 Å². The minimum atomic E-state index is 0.0914. The SMILES string of the molecule is Cc1ncccc1C(C)N. The average Bonchev–Trinajstić information content (AvgIpc) is 1.88. The van der Waals surface area contributed by atoms with Crippen LogP contribution >= 0.6 is 0 Å². The second-order valence-electron chi connectivity index (χ2n) is 2.47. The van der Waals surface area contributed by atoms with Crippen LogP contribution in [-0.4, -0.2) is 4.98 Å². The first-order valence-corrected chi connectivity index (χ1v) is 3.39. The van der Waals surface area contributed by atoms with Crippen molar-refractivity contribution in [3.05, 3.63) is 29.6 Å². The van der Waals surface area contributed by atoms with Gasteiger partial charge in [-0.2, -0.15) is 0 Å². The monoisotopic (exact) mass is 136 g/mol. The molecule has 0 aromatic carbocycles. The highest BCUT2D eigenvalue weighted by Gasteiger charge is 2.01. The van der Waals surface area contributed by atoms with Crippen LogP contribution in [0, 0.1) is 6.92 Å². The Balaban J connectivity index is 3.03. The number of nitrogens with zero attached hydrogens (tertiary/aromatic N) is 1. The van der Waals surface area contributed by atoms with E-state index in [1.807, 2.05) is 26.0 Å². The number of pyridine rings is 1. The minimum Gasteiger partial charge on any atom is -0.324 e. The fourth-order valence-electron chi connectivity index (χ4n) is 0.978. The van der Waals surface area contributed by atoms with Crippen LogP contribution in [-0.2, 0) is 0 Å². The number of hydrogen-bond acceptors (Lipinski definition) is 2. The molecule has 0 saturated heterocycles. The summed E-state index contributed by atoms with van der Waals surface area (Å²) in [5.74, 6) is 0. The van der Waals surface area contributed by atoms with E-state index in [-0.39, 0.29) is 6.04 Å². The Kier molecular flexibility index (Phi) is 2.02. The summed E-state index contributed by atoms with van der Waals surface area (Å²) < 4.78 is 0. The summed E-state index contributed by atoms with van der Waals surface area (Å²) >= 11 is 0. The fourth-order valence-corrected chi connectivity index (χ4v) is 0.978. The summed E-state index contributed by atoms with van der Waals surface area (Å²) in [5.41, 5.74) is 7.83. The quantitative estimate of drug-likeness (QED) is 0.634. The normalized spacial score (nSPS) is 13.1. The van der Waals surface area contributed by atoms with Gasteiger partial charge in [0.25, 0.3) is 0 Å². The van der Waals surface area contributed by atoms with E-state index in [0.717, 1.165) is 11.3 Å². The first-order chi connectivity index (χ1) is 4.72. The summed E-state index contributed by atoms with van der Waals surface area (Å²) in [7, 11) is 0. The van der Waals surface area contributed by atoms with Gasteiger partial charge in [0.15, 0.2) is 0 Å². The molecule has 1 rings (SSSR count). The Labute approximate surface area is 61.1 Å². The Morgan fingerprint density at radius 3 is 2.70 bits per heavy atom. The van der Waals surface area contributed by atoms with Crippen molar-refractivity contribution in [3.63, 3.8) is 0 Å². The molecule has 54 valence electrons. The lowest BCUT2D eigenvalue weighted by molar-refractivity contribution is 0.799. The van der Waals surface area contributed by atoms with Gasteiger partial charge in [-0.1, -0.05) is 6.07 Å². The second-order valence-corrected chi connectivity index (χ2v) is 2.47. The molecule has 0 aliphatic heterocycles. The standard InChI is InChI=1S/C8H12N2/c1-6(9)8-4-3-5-10-7(8)2/h3-6H,9H2,1-2H3. The van der Waals surface area contributed by atoms with Gasteiger partial charge in [-0.05, 0) is 25.5 Å². The van der Waals surface area contributed by atoms with Gasteiger partial charge in [-0.25, -0.2) is 0 Å². The first kappa shape index (κ1) is 7.22. The lowest BCUT2D eigenvalue weighted by atomic mass is 10.1. The van der Waals surface area contributed by atoms with Gasteiger partial charge in [-0.3, -0.25) is 4.98 Å². The van der Waals surface area contributed by atoms with Crippen molar-refractivity contribution < 1.29 is 0 Å². The zero-order chi connectivity index (χ0) is 7.56. The number of rotatable bonds is 1. The highest BCUT2D eigenvalue weighted by molar-refractivity contribution is 5.20. The number of nitrogens with two attached hydrogens (primary N) is 1. The molecule has 1 atom stereocenters. The van der Waals surface area contributed by atoms with Crippen LogP contribution in [0.15, 0.2) is 18.3 Å². The van der Waals surface area contributed by atoms with Crippen LogP contribution in [0.25, 0.3) is 0 Å². The lowest BCUT2D eigenvalue weighted by Crippen LogP contribution is -2.07. The van der Waals surface area contributed by atoms with Crippen LogP contribution < -0.4 is 5.73 Å². The Hall–Kier alpha value is -0.890. The van der Waals surface area contributed by atoms with Crippen molar-refractivity contribution in [2.45, 2.75) is 19.9 Å². The molecular weight excluding hydrogens is 124 g/mol. The highest BCUT2D eigenvalue weighted by atomic mass is 14.7. The third-order valence-corrected chi connectivity index (χ3v) is 1.54. The van der Waals surface area contributed by atoms with E-state index in [4.69, 9.17) is 5.73 Å². The van der Waals surface area contributed by atoms with E-state index in [1.54, 1.807) is 6.20 Å². The predicted molar refractivity (Wildman–Crippen MR) is 41.6 cm³/mol. The number of hydrogen-bond donors (Lipinski definition) is 1. The van der Waals surface area contributed by atoms with Crippen LogP contribution in [0.3, 0.4) is 0 Å². The van der Waals surface area contributed by atoms with Crippen molar-refractivity contribution in [2.75, 3.05) is 0 Å².